The Morgan fingerprint density at radius 1 is 1.17 bits per heavy atom. The van der Waals surface area contributed by atoms with Crippen molar-refractivity contribution in [1.82, 2.24) is 10.2 Å². The maximum absolute atomic E-state index is 13.2. The number of amides is 3. The first-order valence-corrected chi connectivity index (χ1v) is 11.4. The van der Waals surface area contributed by atoms with Gasteiger partial charge < -0.3 is 15.4 Å². The fourth-order valence-corrected chi connectivity index (χ4v) is 4.95. The van der Waals surface area contributed by atoms with E-state index in [2.05, 4.69) is 21.2 Å². The van der Waals surface area contributed by atoms with Crippen molar-refractivity contribution >= 4 is 45.4 Å². The number of urea groups is 1. The van der Waals surface area contributed by atoms with Gasteiger partial charge >= 0.3 is 6.03 Å². The van der Waals surface area contributed by atoms with Crippen molar-refractivity contribution in [2.45, 2.75) is 31.9 Å². The van der Waals surface area contributed by atoms with Gasteiger partial charge in [-0.1, -0.05) is 60.6 Å². The van der Waals surface area contributed by atoms with Crippen LogP contribution in [-0.2, 0) is 14.3 Å². The number of halogens is 1. The van der Waals surface area contributed by atoms with Crippen LogP contribution in [-0.4, -0.2) is 54.2 Å². The highest BCUT2D eigenvalue weighted by molar-refractivity contribution is 9.10. The molecule has 0 saturated carbocycles. The topological polar surface area (TPSA) is 102 Å². The van der Waals surface area contributed by atoms with E-state index in [1.165, 1.54) is 0 Å². The second kappa shape index (κ2) is 9.11. The quantitative estimate of drug-likeness (QED) is 0.667. The van der Waals surface area contributed by atoms with Crippen LogP contribution in [0.5, 0.6) is 0 Å². The van der Waals surface area contributed by atoms with Crippen molar-refractivity contribution in [3.05, 3.63) is 44.9 Å². The SMILES string of the molecule is CC(C)(C)C(=O)C1=C(N)S[C@H](C(=O)NC(=O)N2CCOCC2)[C@H]1c1ccc(Br)cc1. The minimum absolute atomic E-state index is 0.102. The molecule has 1 fully saturated rings. The molecule has 1 saturated heterocycles. The first-order chi connectivity index (χ1) is 14.1. The molecule has 0 aliphatic carbocycles. The third-order valence-corrected chi connectivity index (χ3v) is 6.82. The number of nitrogens with two attached hydrogens (primary N) is 1. The van der Waals surface area contributed by atoms with E-state index in [1.807, 2.05) is 45.0 Å². The van der Waals surface area contributed by atoms with Gasteiger partial charge in [-0.2, -0.15) is 0 Å². The molecule has 2 atom stereocenters. The van der Waals surface area contributed by atoms with Gasteiger partial charge in [0.15, 0.2) is 5.78 Å². The minimum atomic E-state index is -0.711. The van der Waals surface area contributed by atoms with Crippen molar-refractivity contribution in [2.24, 2.45) is 11.1 Å². The zero-order valence-electron chi connectivity index (χ0n) is 17.2. The normalized spacial score (nSPS) is 22.2. The van der Waals surface area contributed by atoms with Crippen LogP contribution >= 0.6 is 27.7 Å². The molecule has 3 amide bonds. The third kappa shape index (κ3) is 4.90. The number of ether oxygens (including phenoxy) is 1. The third-order valence-electron chi connectivity index (χ3n) is 5.07. The summed E-state index contributed by atoms with van der Waals surface area (Å²) < 4.78 is 6.14. The Kier molecular flexibility index (Phi) is 6.94. The molecule has 1 aromatic rings. The van der Waals surface area contributed by atoms with E-state index in [9.17, 15) is 14.4 Å². The van der Waals surface area contributed by atoms with E-state index in [-0.39, 0.29) is 5.78 Å². The molecular formula is C21H26BrN3O4S. The number of hydrogen-bond acceptors (Lipinski definition) is 6. The highest BCUT2D eigenvalue weighted by Gasteiger charge is 2.45. The second-order valence-corrected chi connectivity index (χ2v) is 10.4. The fraction of sp³-hybridized carbons (Fsp3) is 0.476. The van der Waals surface area contributed by atoms with E-state index in [4.69, 9.17) is 10.5 Å². The summed E-state index contributed by atoms with van der Waals surface area (Å²) >= 11 is 4.55. The van der Waals surface area contributed by atoms with Crippen LogP contribution in [0.2, 0.25) is 0 Å². The molecule has 2 aliphatic rings. The molecule has 0 aromatic heterocycles. The fourth-order valence-electron chi connectivity index (χ4n) is 3.47. The Bertz CT molecular complexity index is 873. The van der Waals surface area contributed by atoms with Gasteiger partial charge in [0.1, 0.15) is 5.25 Å². The highest BCUT2D eigenvalue weighted by Crippen LogP contribution is 2.48. The van der Waals surface area contributed by atoms with Crippen molar-refractivity contribution < 1.29 is 19.1 Å². The van der Waals surface area contributed by atoms with E-state index >= 15 is 0 Å². The number of imide groups is 1. The number of benzene rings is 1. The van der Waals surface area contributed by atoms with Crippen LogP contribution in [0.4, 0.5) is 4.79 Å². The summed E-state index contributed by atoms with van der Waals surface area (Å²) in [6.45, 7) is 7.24. The average Bonchev–Trinajstić information content (AvgIpc) is 3.05. The number of Topliss-reactive ketones (excluding diaryl/α,β-unsaturated/α-hetero) is 1. The summed E-state index contributed by atoms with van der Waals surface area (Å²) in [5, 5.41) is 2.11. The first-order valence-electron chi connectivity index (χ1n) is 9.73. The maximum Gasteiger partial charge on any atom is 0.324 e. The number of nitrogens with zero attached hydrogens (tertiary/aromatic N) is 1. The van der Waals surface area contributed by atoms with Crippen LogP contribution < -0.4 is 11.1 Å². The number of hydrogen-bond donors (Lipinski definition) is 2. The Morgan fingerprint density at radius 2 is 1.77 bits per heavy atom. The minimum Gasteiger partial charge on any atom is -0.393 e. The monoisotopic (exact) mass is 495 g/mol. The van der Waals surface area contributed by atoms with Crippen LogP contribution in [0.1, 0.15) is 32.3 Å². The molecule has 162 valence electrons. The number of carbonyl (C=O) groups excluding carboxylic acids is 3. The molecular weight excluding hydrogens is 470 g/mol. The van der Waals surface area contributed by atoms with Gasteiger partial charge in [-0.3, -0.25) is 14.9 Å². The summed E-state index contributed by atoms with van der Waals surface area (Å²) in [6.07, 6.45) is 0. The van der Waals surface area contributed by atoms with Gasteiger partial charge in [-0.15, -0.1) is 0 Å². The Hall–Kier alpha value is -1.84. The number of rotatable bonds is 3. The van der Waals surface area contributed by atoms with E-state index < -0.39 is 28.5 Å². The largest absolute Gasteiger partial charge is 0.393 e. The first kappa shape index (κ1) is 22.8. The number of nitrogens with one attached hydrogen (secondary N) is 1. The molecule has 3 N–H and O–H groups in total. The number of carbonyl (C=O) groups is 3. The molecule has 0 bridgehead atoms. The summed E-state index contributed by atoms with van der Waals surface area (Å²) in [5.41, 5.74) is 6.85. The van der Waals surface area contributed by atoms with E-state index in [0.29, 0.717) is 36.9 Å². The molecule has 1 aromatic carbocycles. The number of ketones is 1. The predicted octanol–water partition coefficient (Wildman–Crippen LogP) is 3.00. The van der Waals surface area contributed by atoms with E-state index in [0.717, 1.165) is 21.8 Å². The highest BCUT2D eigenvalue weighted by atomic mass is 79.9. The Morgan fingerprint density at radius 3 is 2.33 bits per heavy atom. The van der Waals surface area contributed by atoms with Gasteiger partial charge in [0.25, 0.3) is 0 Å². The standard InChI is InChI=1S/C21H26BrN3O4S/c1-21(2,3)17(26)15-14(12-4-6-13(22)7-5-12)16(30-18(15)23)19(27)24-20(28)25-8-10-29-11-9-25/h4-7,14,16H,8-11,23H2,1-3H3,(H,24,27,28)/t14-,16-/m0/s1. The van der Waals surface area contributed by atoms with Gasteiger partial charge in [0.2, 0.25) is 5.91 Å². The summed E-state index contributed by atoms with van der Waals surface area (Å²) in [6, 6.07) is 7.01. The van der Waals surface area contributed by atoms with Crippen LogP contribution in [0, 0.1) is 5.41 Å². The molecule has 0 unspecified atom stereocenters. The molecule has 3 rings (SSSR count). The maximum atomic E-state index is 13.2. The molecule has 30 heavy (non-hydrogen) atoms. The van der Waals surface area contributed by atoms with Crippen LogP contribution in [0.15, 0.2) is 39.3 Å². The van der Waals surface area contributed by atoms with E-state index in [1.54, 1.807) is 4.90 Å². The zero-order valence-corrected chi connectivity index (χ0v) is 19.6. The Labute approximate surface area is 188 Å². The lowest BCUT2D eigenvalue weighted by Crippen LogP contribution is -2.50. The van der Waals surface area contributed by atoms with Gasteiger partial charge in [0.05, 0.1) is 18.2 Å². The number of allylic oxidation sites excluding steroid dienone is 1. The lowest BCUT2D eigenvalue weighted by Gasteiger charge is -2.28. The average molecular weight is 496 g/mol. The van der Waals surface area contributed by atoms with Crippen molar-refractivity contribution in [2.75, 3.05) is 26.3 Å². The summed E-state index contributed by atoms with van der Waals surface area (Å²) in [4.78, 5) is 40.4. The van der Waals surface area contributed by atoms with Crippen molar-refractivity contribution in [3.8, 4) is 0 Å². The molecule has 9 heteroatoms. The van der Waals surface area contributed by atoms with Gasteiger partial charge in [-0.25, -0.2) is 4.79 Å². The molecule has 2 heterocycles. The lowest BCUT2D eigenvalue weighted by atomic mass is 9.78. The van der Waals surface area contributed by atoms with Crippen LogP contribution in [0.25, 0.3) is 0 Å². The zero-order chi connectivity index (χ0) is 22.1. The predicted molar refractivity (Wildman–Crippen MR) is 120 cm³/mol. The molecule has 7 nitrogen and oxygen atoms in total. The number of morpholine rings is 1. The van der Waals surface area contributed by atoms with Crippen LogP contribution in [0.3, 0.4) is 0 Å². The molecule has 2 aliphatic heterocycles. The lowest BCUT2D eigenvalue weighted by molar-refractivity contribution is -0.122. The van der Waals surface area contributed by atoms with Gasteiger partial charge in [0, 0.05) is 34.5 Å². The Balaban J connectivity index is 1.89. The van der Waals surface area contributed by atoms with Crippen molar-refractivity contribution in [3.63, 3.8) is 0 Å². The second-order valence-electron chi connectivity index (χ2n) is 8.32. The molecule has 0 radical (unpaired) electrons. The molecule has 0 spiro atoms. The van der Waals surface area contributed by atoms with Crippen molar-refractivity contribution in [1.29, 1.82) is 0 Å². The summed E-state index contributed by atoms with van der Waals surface area (Å²) in [5.74, 6) is -1.09. The summed E-state index contributed by atoms with van der Waals surface area (Å²) in [7, 11) is 0. The smallest absolute Gasteiger partial charge is 0.324 e. The van der Waals surface area contributed by atoms with Gasteiger partial charge in [-0.05, 0) is 17.7 Å². The number of thioether (sulfide) groups is 1.